The molecule has 4 aromatic carbocycles. The molecule has 0 radical (unpaired) electrons. The number of aryl methyl sites for hydroxylation is 1. The number of hydrazone groups is 1. The van der Waals surface area contributed by atoms with Crippen LogP contribution in [0.2, 0.25) is 0 Å². The number of esters is 1. The lowest BCUT2D eigenvalue weighted by molar-refractivity contribution is 0.0732. The van der Waals surface area contributed by atoms with Crippen LogP contribution in [0.3, 0.4) is 0 Å². The number of hydrogen-bond donors (Lipinski definition) is 2. The number of nitrogens with zero attached hydrogens (tertiary/aromatic N) is 1. The first-order chi connectivity index (χ1) is 18.7. The fourth-order valence-electron chi connectivity index (χ4n) is 3.39. The highest BCUT2D eigenvalue weighted by Crippen LogP contribution is 2.33. The van der Waals surface area contributed by atoms with Crippen molar-refractivity contribution < 1.29 is 19.1 Å². The van der Waals surface area contributed by atoms with E-state index in [0.717, 1.165) is 10.0 Å². The predicted molar refractivity (Wildman–Crippen MR) is 162 cm³/mol. The molecule has 0 saturated carbocycles. The third-order valence-corrected chi connectivity index (χ3v) is 6.95. The van der Waals surface area contributed by atoms with Crippen molar-refractivity contribution >= 4 is 77.5 Å². The predicted octanol–water partition coefficient (Wildman–Crippen LogP) is 7.52. The summed E-state index contributed by atoms with van der Waals surface area (Å²) in [6, 6.07) is 23.9. The van der Waals surface area contributed by atoms with E-state index in [0.29, 0.717) is 36.9 Å². The van der Waals surface area contributed by atoms with Crippen molar-refractivity contribution in [2.75, 3.05) is 5.32 Å². The molecular formula is C29H20Br3N3O4. The molecule has 4 rings (SSSR count). The highest BCUT2D eigenvalue weighted by Gasteiger charge is 2.16. The molecule has 10 heteroatoms. The SMILES string of the molecule is Cc1ccc(C(=O)Nc2cccc(C(=O)NN=Cc3cc(Br)cc(Br)c3OC(=O)c3ccc(Br)cc3)c2)cc1. The molecule has 2 amide bonds. The van der Waals surface area contributed by atoms with E-state index in [4.69, 9.17) is 4.74 Å². The smallest absolute Gasteiger partial charge is 0.343 e. The van der Waals surface area contributed by atoms with E-state index in [9.17, 15) is 14.4 Å². The molecule has 0 aliphatic heterocycles. The molecule has 0 fully saturated rings. The maximum Gasteiger partial charge on any atom is 0.343 e. The van der Waals surface area contributed by atoms with Gasteiger partial charge < -0.3 is 10.1 Å². The Morgan fingerprint density at radius 1 is 0.769 bits per heavy atom. The number of hydrogen-bond acceptors (Lipinski definition) is 5. The Morgan fingerprint density at radius 2 is 1.46 bits per heavy atom. The minimum absolute atomic E-state index is 0.241. The van der Waals surface area contributed by atoms with Crippen LogP contribution in [0.15, 0.2) is 103 Å². The van der Waals surface area contributed by atoms with Crippen molar-refractivity contribution in [3.63, 3.8) is 0 Å². The summed E-state index contributed by atoms with van der Waals surface area (Å²) in [7, 11) is 0. The molecule has 0 bridgehead atoms. The average molecular weight is 714 g/mol. The maximum absolute atomic E-state index is 12.7. The van der Waals surface area contributed by atoms with E-state index >= 15 is 0 Å². The molecule has 4 aromatic rings. The Hall–Kier alpha value is -3.60. The first kappa shape index (κ1) is 28.4. The number of ether oxygens (including phenoxy) is 1. The van der Waals surface area contributed by atoms with Gasteiger partial charge in [-0.25, -0.2) is 10.2 Å². The van der Waals surface area contributed by atoms with Crippen molar-refractivity contribution in [1.82, 2.24) is 5.43 Å². The average Bonchev–Trinajstić information content (AvgIpc) is 2.91. The number of rotatable bonds is 7. The van der Waals surface area contributed by atoms with E-state index in [-0.39, 0.29) is 11.7 Å². The van der Waals surface area contributed by atoms with Crippen LogP contribution in [-0.2, 0) is 0 Å². The van der Waals surface area contributed by atoms with Crippen LogP contribution in [0.5, 0.6) is 5.75 Å². The van der Waals surface area contributed by atoms with Crippen LogP contribution >= 0.6 is 47.8 Å². The number of amides is 2. The van der Waals surface area contributed by atoms with Gasteiger partial charge in [0.05, 0.1) is 16.3 Å². The van der Waals surface area contributed by atoms with Gasteiger partial charge in [-0.1, -0.05) is 55.6 Å². The fraction of sp³-hybridized carbons (Fsp3) is 0.0345. The molecule has 39 heavy (non-hydrogen) atoms. The number of nitrogens with one attached hydrogen (secondary N) is 2. The molecule has 0 atom stereocenters. The van der Waals surface area contributed by atoms with Crippen molar-refractivity contribution in [3.8, 4) is 5.75 Å². The zero-order valence-electron chi connectivity index (χ0n) is 20.4. The van der Waals surface area contributed by atoms with E-state index in [1.54, 1.807) is 72.8 Å². The van der Waals surface area contributed by atoms with Gasteiger partial charge in [-0.05, 0) is 89.6 Å². The summed E-state index contributed by atoms with van der Waals surface area (Å²) in [6.45, 7) is 1.94. The zero-order chi connectivity index (χ0) is 27.9. The van der Waals surface area contributed by atoms with Crippen LogP contribution in [-0.4, -0.2) is 24.0 Å². The number of benzene rings is 4. The number of halogens is 3. The summed E-state index contributed by atoms with van der Waals surface area (Å²) in [5.41, 5.74) is 5.61. The number of anilines is 1. The molecule has 0 unspecified atom stereocenters. The Kier molecular flexibility index (Phi) is 9.45. The summed E-state index contributed by atoms with van der Waals surface area (Å²) >= 11 is 10.2. The Labute approximate surface area is 250 Å². The second-order valence-electron chi connectivity index (χ2n) is 8.30. The van der Waals surface area contributed by atoms with Gasteiger partial charge in [-0.15, -0.1) is 0 Å². The second-order valence-corrected chi connectivity index (χ2v) is 11.0. The third-order valence-electron chi connectivity index (χ3n) is 5.38. The van der Waals surface area contributed by atoms with Gasteiger partial charge >= 0.3 is 5.97 Å². The molecule has 0 aliphatic carbocycles. The van der Waals surface area contributed by atoms with Crippen molar-refractivity contribution in [2.45, 2.75) is 6.92 Å². The van der Waals surface area contributed by atoms with Crippen LogP contribution in [0.1, 0.15) is 42.2 Å². The highest BCUT2D eigenvalue weighted by molar-refractivity contribution is 9.11. The molecular weight excluding hydrogens is 694 g/mol. The lowest BCUT2D eigenvalue weighted by Gasteiger charge is -2.11. The summed E-state index contributed by atoms with van der Waals surface area (Å²) in [6.07, 6.45) is 1.38. The van der Waals surface area contributed by atoms with Crippen molar-refractivity contribution in [2.24, 2.45) is 5.10 Å². The summed E-state index contributed by atoms with van der Waals surface area (Å²) < 4.78 is 7.70. The van der Waals surface area contributed by atoms with E-state index in [1.807, 2.05) is 19.1 Å². The Balaban J connectivity index is 1.45. The zero-order valence-corrected chi connectivity index (χ0v) is 25.1. The van der Waals surface area contributed by atoms with Crippen molar-refractivity contribution in [3.05, 3.63) is 126 Å². The summed E-state index contributed by atoms with van der Waals surface area (Å²) in [5.74, 6) is -1.07. The van der Waals surface area contributed by atoms with Gasteiger partial charge in [0.2, 0.25) is 0 Å². The topological polar surface area (TPSA) is 96.9 Å². The highest BCUT2D eigenvalue weighted by atomic mass is 79.9. The standard InChI is InChI=1S/C29H20Br3N3O4/c1-17-5-7-18(8-6-17)27(36)34-24-4-2-3-20(14-24)28(37)35-33-16-21-13-23(31)15-25(32)26(21)39-29(38)19-9-11-22(30)12-10-19/h2-16H,1H3,(H,34,36)(H,35,37). The molecule has 7 nitrogen and oxygen atoms in total. The Morgan fingerprint density at radius 3 is 2.18 bits per heavy atom. The van der Waals surface area contributed by atoms with Gasteiger partial charge in [0.25, 0.3) is 11.8 Å². The normalized spacial score (nSPS) is 10.8. The molecule has 0 spiro atoms. The lowest BCUT2D eigenvalue weighted by Crippen LogP contribution is -2.18. The molecule has 0 heterocycles. The molecule has 0 aliphatic rings. The minimum atomic E-state index is -0.547. The summed E-state index contributed by atoms with van der Waals surface area (Å²) in [4.78, 5) is 37.9. The Bertz CT molecular complexity index is 1570. The third kappa shape index (κ3) is 7.72. The number of carbonyl (C=O) groups is 3. The molecule has 2 N–H and O–H groups in total. The van der Waals surface area contributed by atoms with E-state index in [1.165, 1.54) is 6.21 Å². The van der Waals surface area contributed by atoms with Gasteiger partial charge in [-0.3, -0.25) is 9.59 Å². The van der Waals surface area contributed by atoms with Gasteiger partial charge in [-0.2, -0.15) is 5.10 Å². The fourth-order valence-corrected chi connectivity index (χ4v) is 5.00. The van der Waals surface area contributed by atoms with Crippen LogP contribution in [0, 0.1) is 6.92 Å². The molecule has 0 saturated heterocycles. The van der Waals surface area contributed by atoms with Crippen LogP contribution in [0.4, 0.5) is 5.69 Å². The largest absolute Gasteiger partial charge is 0.421 e. The molecule has 0 aromatic heterocycles. The van der Waals surface area contributed by atoms with Crippen molar-refractivity contribution in [1.29, 1.82) is 0 Å². The van der Waals surface area contributed by atoms with Gasteiger partial charge in [0, 0.05) is 31.3 Å². The summed E-state index contributed by atoms with van der Waals surface area (Å²) in [5, 5.41) is 6.84. The quantitative estimate of drug-likeness (QED) is 0.0897. The van der Waals surface area contributed by atoms with Gasteiger partial charge in [0.15, 0.2) is 5.75 Å². The first-order valence-electron chi connectivity index (χ1n) is 11.5. The van der Waals surface area contributed by atoms with Gasteiger partial charge in [0.1, 0.15) is 0 Å². The van der Waals surface area contributed by atoms with Crippen LogP contribution in [0.25, 0.3) is 0 Å². The van der Waals surface area contributed by atoms with Crippen LogP contribution < -0.4 is 15.5 Å². The maximum atomic E-state index is 12.7. The lowest BCUT2D eigenvalue weighted by atomic mass is 10.1. The van der Waals surface area contributed by atoms with E-state index in [2.05, 4.69) is 63.6 Å². The van der Waals surface area contributed by atoms with E-state index < -0.39 is 11.9 Å². The second kappa shape index (κ2) is 13.0. The first-order valence-corrected chi connectivity index (χ1v) is 13.9. The minimum Gasteiger partial charge on any atom is -0.421 e. The molecule has 196 valence electrons. The monoisotopic (exact) mass is 711 g/mol. The number of carbonyl (C=O) groups excluding carboxylic acids is 3.